The molecule has 1 unspecified atom stereocenters. The number of nitrogens with zero attached hydrogens (tertiary/aromatic N) is 1. The third-order valence-corrected chi connectivity index (χ3v) is 3.10. The van der Waals surface area contributed by atoms with Crippen molar-refractivity contribution in [3.05, 3.63) is 11.6 Å². The van der Waals surface area contributed by atoms with Crippen LogP contribution in [-0.2, 0) is 9.53 Å². The first-order valence-electron chi connectivity index (χ1n) is 6.41. The molecule has 0 aromatic rings. The van der Waals surface area contributed by atoms with E-state index >= 15 is 0 Å². The molecule has 0 radical (unpaired) electrons. The van der Waals surface area contributed by atoms with Crippen LogP contribution >= 0.6 is 11.6 Å². The van der Waals surface area contributed by atoms with Crippen molar-refractivity contribution in [3.8, 4) is 0 Å². The van der Waals surface area contributed by atoms with Gasteiger partial charge in [0.2, 0.25) is 5.91 Å². The van der Waals surface area contributed by atoms with Crippen molar-refractivity contribution in [2.75, 3.05) is 32.1 Å². The monoisotopic (exact) mass is 276 g/mol. The van der Waals surface area contributed by atoms with Crippen LogP contribution < -0.4 is 5.73 Å². The van der Waals surface area contributed by atoms with Gasteiger partial charge in [0.1, 0.15) is 0 Å². The zero-order valence-electron chi connectivity index (χ0n) is 11.6. The normalized spacial score (nSPS) is 18.3. The summed E-state index contributed by atoms with van der Waals surface area (Å²) in [6.45, 7) is 10.0. The molecule has 1 rings (SSSR count). The zero-order valence-corrected chi connectivity index (χ0v) is 12.4. The van der Waals surface area contributed by atoms with E-state index in [1.165, 1.54) is 0 Å². The number of hydrogen-bond acceptors (Lipinski definition) is 3. The van der Waals surface area contributed by atoms with Gasteiger partial charge in [-0.1, -0.05) is 19.9 Å². The van der Waals surface area contributed by atoms with Crippen LogP contribution in [0.5, 0.6) is 0 Å². The smallest absolute Gasteiger partial charge is 0.244 e. The number of carbonyl (C=O) groups is 1. The maximum absolute atomic E-state index is 10.7. The van der Waals surface area contributed by atoms with E-state index < -0.39 is 0 Å². The quantitative estimate of drug-likeness (QED) is 0.438. The van der Waals surface area contributed by atoms with Gasteiger partial charge in [0.05, 0.1) is 18.6 Å². The molecule has 4 nitrogen and oxygen atoms in total. The van der Waals surface area contributed by atoms with Crippen molar-refractivity contribution in [2.45, 2.75) is 33.3 Å². The van der Waals surface area contributed by atoms with Crippen molar-refractivity contribution in [1.82, 2.24) is 4.90 Å². The topological polar surface area (TPSA) is 58.9 Å². The lowest BCUT2D eigenvalue weighted by Crippen LogP contribution is -2.23. The molecule has 106 valence electrons. The number of alkyl halides is 1. The summed E-state index contributed by atoms with van der Waals surface area (Å²) in [5.74, 6) is 0.347. The Morgan fingerprint density at radius 3 is 2.33 bits per heavy atom. The van der Waals surface area contributed by atoms with E-state index in [0.29, 0.717) is 17.6 Å². The fourth-order valence-electron chi connectivity index (χ4n) is 1.26. The van der Waals surface area contributed by atoms with E-state index in [1.807, 2.05) is 6.08 Å². The van der Waals surface area contributed by atoms with Crippen LogP contribution in [0.2, 0.25) is 0 Å². The largest absolute Gasteiger partial charge is 0.372 e. The Balaban J connectivity index is 0.000000473. The molecule has 2 N–H and O–H groups in total. The van der Waals surface area contributed by atoms with Crippen molar-refractivity contribution in [3.63, 3.8) is 0 Å². The molecule has 0 aliphatic carbocycles. The first-order chi connectivity index (χ1) is 8.54. The predicted molar refractivity (Wildman–Crippen MR) is 75.8 cm³/mol. The van der Waals surface area contributed by atoms with Gasteiger partial charge in [-0.05, 0) is 26.4 Å². The summed E-state index contributed by atoms with van der Waals surface area (Å²) in [6, 6.07) is 0. The lowest BCUT2D eigenvalue weighted by atomic mass is 10.2. The number of ether oxygens (including phenoxy) is 1. The summed E-state index contributed by atoms with van der Waals surface area (Å²) in [5.41, 5.74) is 5.76. The van der Waals surface area contributed by atoms with Gasteiger partial charge < -0.3 is 15.4 Å². The number of nitrogens with two attached hydrogens (primary N) is 1. The summed E-state index contributed by atoms with van der Waals surface area (Å²) >= 11 is 5.27. The summed E-state index contributed by atoms with van der Waals surface area (Å²) in [5, 5.41) is 0. The Bertz CT molecular complexity index is 262. The predicted octanol–water partition coefficient (Wildman–Crippen LogP) is 1.77. The molecular weight excluding hydrogens is 252 g/mol. The SMILES string of the molecule is CCN(CC)CCC=C(C)C(N)=O.ClCC1CO1. The number of epoxide rings is 1. The second kappa shape index (κ2) is 10.4. The van der Waals surface area contributed by atoms with Gasteiger partial charge in [-0.25, -0.2) is 0 Å². The fraction of sp³-hybridized carbons (Fsp3) is 0.769. The first kappa shape index (κ1) is 17.4. The second-order valence-corrected chi connectivity index (χ2v) is 4.49. The number of hydrogen-bond donors (Lipinski definition) is 1. The number of primary amides is 1. The van der Waals surface area contributed by atoms with E-state index in [2.05, 4.69) is 18.7 Å². The number of halogens is 1. The van der Waals surface area contributed by atoms with Gasteiger partial charge in [-0.15, -0.1) is 11.6 Å². The van der Waals surface area contributed by atoms with E-state index in [9.17, 15) is 4.79 Å². The lowest BCUT2D eigenvalue weighted by Gasteiger charge is -2.16. The van der Waals surface area contributed by atoms with Crippen LogP contribution in [-0.4, -0.2) is 49.0 Å². The van der Waals surface area contributed by atoms with E-state index in [-0.39, 0.29) is 5.91 Å². The number of carbonyl (C=O) groups excluding carboxylic acids is 1. The Kier molecular flexibility index (Phi) is 10.0. The van der Waals surface area contributed by atoms with E-state index in [0.717, 1.165) is 32.7 Å². The highest BCUT2D eigenvalue weighted by Crippen LogP contribution is 2.08. The molecule has 1 heterocycles. The van der Waals surface area contributed by atoms with Gasteiger partial charge in [0, 0.05) is 12.1 Å². The molecular formula is C13H25ClN2O2. The minimum Gasteiger partial charge on any atom is -0.372 e. The average Bonchev–Trinajstić information content (AvgIpc) is 3.18. The van der Waals surface area contributed by atoms with Crippen molar-refractivity contribution in [2.24, 2.45) is 5.73 Å². The van der Waals surface area contributed by atoms with Crippen LogP contribution in [0.3, 0.4) is 0 Å². The van der Waals surface area contributed by atoms with Crippen molar-refractivity contribution >= 4 is 17.5 Å². The summed E-state index contributed by atoms with van der Waals surface area (Å²) in [7, 11) is 0. The first-order valence-corrected chi connectivity index (χ1v) is 6.95. The van der Waals surface area contributed by atoms with Crippen molar-refractivity contribution < 1.29 is 9.53 Å². The molecule has 18 heavy (non-hydrogen) atoms. The maximum atomic E-state index is 10.7. The molecule has 1 fully saturated rings. The molecule has 0 aromatic carbocycles. The van der Waals surface area contributed by atoms with Crippen LogP contribution in [0.25, 0.3) is 0 Å². The summed E-state index contributed by atoms with van der Waals surface area (Å²) in [6.07, 6.45) is 3.20. The lowest BCUT2D eigenvalue weighted by molar-refractivity contribution is -0.114. The third kappa shape index (κ3) is 9.45. The Hall–Kier alpha value is -0.580. The fourth-order valence-corrected chi connectivity index (χ4v) is 1.44. The molecule has 0 spiro atoms. The molecule has 5 heteroatoms. The minimum absolute atomic E-state index is 0.320. The Morgan fingerprint density at radius 1 is 1.50 bits per heavy atom. The molecule has 1 aliphatic rings. The van der Waals surface area contributed by atoms with Crippen LogP contribution in [0.1, 0.15) is 27.2 Å². The van der Waals surface area contributed by atoms with Crippen LogP contribution in [0.15, 0.2) is 11.6 Å². The Labute approximate surface area is 115 Å². The highest BCUT2D eigenvalue weighted by atomic mass is 35.5. The standard InChI is InChI=1S/C10H20N2O.C3H5ClO/c1-4-12(5-2)8-6-7-9(3)10(11)13;4-1-3-2-5-3/h7H,4-6,8H2,1-3H3,(H2,11,13);3H,1-2H2. The van der Waals surface area contributed by atoms with Gasteiger partial charge in [-0.2, -0.15) is 0 Å². The molecule has 0 saturated carbocycles. The molecule has 1 saturated heterocycles. The van der Waals surface area contributed by atoms with Gasteiger partial charge in [0.15, 0.2) is 0 Å². The van der Waals surface area contributed by atoms with Crippen LogP contribution in [0.4, 0.5) is 0 Å². The highest BCUT2D eigenvalue weighted by molar-refractivity contribution is 6.18. The number of rotatable bonds is 7. The van der Waals surface area contributed by atoms with Gasteiger partial charge in [-0.3, -0.25) is 4.79 Å². The maximum Gasteiger partial charge on any atom is 0.244 e. The Morgan fingerprint density at radius 2 is 2.06 bits per heavy atom. The number of amides is 1. The molecule has 1 aliphatic heterocycles. The second-order valence-electron chi connectivity index (χ2n) is 4.18. The minimum atomic E-state index is -0.320. The van der Waals surface area contributed by atoms with Crippen molar-refractivity contribution in [1.29, 1.82) is 0 Å². The van der Waals surface area contributed by atoms with Crippen LogP contribution in [0, 0.1) is 0 Å². The average molecular weight is 277 g/mol. The molecule has 0 bridgehead atoms. The van der Waals surface area contributed by atoms with Gasteiger partial charge >= 0.3 is 0 Å². The highest BCUT2D eigenvalue weighted by Gasteiger charge is 2.19. The van der Waals surface area contributed by atoms with E-state index in [1.54, 1.807) is 6.92 Å². The molecule has 1 amide bonds. The zero-order chi connectivity index (χ0) is 14.0. The molecule has 1 atom stereocenters. The summed E-state index contributed by atoms with van der Waals surface area (Å²) < 4.78 is 4.73. The summed E-state index contributed by atoms with van der Waals surface area (Å²) in [4.78, 5) is 13.0. The van der Waals surface area contributed by atoms with E-state index in [4.69, 9.17) is 22.1 Å². The van der Waals surface area contributed by atoms with Gasteiger partial charge in [0.25, 0.3) is 0 Å². The molecule has 0 aromatic heterocycles. The third-order valence-electron chi connectivity index (χ3n) is 2.75.